The van der Waals surface area contributed by atoms with Crippen LogP contribution in [-0.2, 0) is 10.2 Å². The maximum absolute atomic E-state index is 13.3. The summed E-state index contributed by atoms with van der Waals surface area (Å²) in [4.78, 5) is 27.9. The largest absolute Gasteiger partial charge is 0.502 e. The number of likely N-dealkylation sites (N-methyl/N-ethyl adjacent to an activating group) is 1. The zero-order valence-electron chi connectivity index (χ0n) is 19.8. The van der Waals surface area contributed by atoms with E-state index in [4.69, 9.17) is 0 Å². The molecule has 0 bridgehead atoms. The number of allylic oxidation sites excluding steroid dienone is 1. The fourth-order valence-electron chi connectivity index (χ4n) is 5.16. The lowest BCUT2D eigenvalue weighted by molar-refractivity contribution is -0.119. The predicted molar refractivity (Wildman–Crippen MR) is 137 cm³/mol. The lowest BCUT2D eigenvalue weighted by Gasteiger charge is -2.26. The Morgan fingerprint density at radius 2 is 1.71 bits per heavy atom. The summed E-state index contributed by atoms with van der Waals surface area (Å²) in [5.41, 5.74) is 3.36. The fourth-order valence-corrected chi connectivity index (χ4v) is 5.16. The molecule has 1 N–H and O–H groups in total. The molecule has 0 aliphatic carbocycles. The number of anilines is 1. The van der Waals surface area contributed by atoms with E-state index in [0.29, 0.717) is 5.69 Å². The van der Waals surface area contributed by atoms with Crippen molar-refractivity contribution in [2.75, 3.05) is 11.4 Å². The zero-order valence-corrected chi connectivity index (χ0v) is 19.8. The minimum atomic E-state index is -0.363. The molecular weight excluding hydrogens is 424 g/mol. The van der Waals surface area contributed by atoms with Gasteiger partial charge < -0.3 is 10.0 Å². The molecule has 4 aromatic carbocycles. The molecule has 5 rings (SSSR count). The molecule has 34 heavy (non-hydrogen) atoms. The Bertz CT molecular complexity index is 1570. The van der Waals surface area contributed by atoms with Crippen molar-refractivity contribution in [3.63, 3.8) is 0 Å². The molecule has 4 aromatic rings. The van der Waals surface area contributed by atoms with Gasteiger partial charge in [-0.15, -0.1) is 4.58 Å². The molecule has 0 unspecified atom stereocenters. The van der Waals surface area contributed by atoms with Gasteiger partial charge in [0.1, 0.15) is 0 Å². The third-order valence-corrected chi connectivity index (χ3v) is 6.86. The van der Waals surface area contributed by atoms with Crippen LogP contribution in [0.4, 0.5) is 11.4 Å². The Hall–Kier alpha value is -3.99. The van der Waals surface area contributed by atoms with Gasteiger partial charge in [0, 0.05) is 35.2 Å². The third kappa shape index (κ3) is 3.04. The van der Waals surface area contributed by atoms with Crippen LogP contribution in [0.5, 0.6) is 5.75 Å². The van der Waals surface area contributed by atoms with Crippen molar-refractivity contribution < 1.29 is 9.90 Å². The molecule has 1 heterocycles. The number of hydrogen-bond donors (Lipinski definition) is 1. The molecule has 0 spiro atoms. The number of nitrogens with zero attached hydrogens (tertiary/aromatic N) is 2. The van der Waals surface area contributed by atoms with Crippen molar-refractivity contribution >= 4 is 34.1 Å². The summed E-state index contributed by atoms with van der Waals surface area (Å²) < 4.78 is 1.28. The Kier molecular flexibility index (Phi) is 5.01. The summed E-state index contributed by atoms with van der Waals surface area (Å²) in [7, 11) is 0. The molecule has 1 aliphatic rings. The quantitative estimate of drug-likeness (QED) is 0.463. The van der Waals surface area contributed by atoms with E-state index in [-0.39, 0.29) is 33.4 Å². The molecule has 0 radical (unpaired) electrons. The second-order valence-corrected chi connectivity index (χ2v) is 9.21. The lowest BCUT2D eigenvalue weighted by Crippen LogP contribution is -2.46. The van der Waals surface area contributed by atoms with Gasteiger partial charge in [-0.3, -0.25) is 4.79 Å². The van der Waals surface area contributed by atoms with E-state index in [2.05, 4.69) is 49.9 Å². The highest BCUT2D eigenvalue weighted by atomic mass is 16.3. The first-order valence-corrected chi connectivity index (χ1v) is 11.5. The van der Waals surface area contributed by atoms with Crippen LogP contribution in [-0.4, -0.2) is 17.6 Å². The number of amides is 1. The van der Waals surface area contributed by atoms with Gasteiger partial charge in [0.2, 0.25) is 11.4 Å². The van der Waals surface area contributed by atoms with Gasteiger partial charge in [-0.05, 0) is 23.9 Å². The van der Waals surface area contributed by atoms with E-state index in [9.17, 15) is 14.7 Å². The second-order valence-electron chi connectivity index (χ2n) is 9.21. The Labute approximate surface area is 198 Å². The summed E-state index contributed by atoms with van der Waals surface area (Å²) >= 11 is 0. The minimum absolute atomic E-state index is 0.0207. The number of hydrogen-bond acceptors (Lipinski definition) is 4. The average Bonchev–Trinajstić information content (AvgIpc) is 3.06. The Morgan fingerprint density at radius 1 is 1.03 bits per heavy atom. The van der Waals surface area contributed by atoms with Crippen LogP contribution in [0.15, 0.2) is 77.2 Å². The van der Waals surface area contributed by atoms with Crippen molar-refractivity contribution in [3.05, 3.63) is 99.1 Å². The molecule has 0 fully saturated rings. The number of para-hydroxylation sites is 1. The molecule has 0 aromatic heterocycles. The SMILES string of the molecule is CCN1C(=Cc2c(O)c(=[N+](C(C)=O)c3ccccc3)c2=O)C(C)(C)c2ccc3ccccc3c21. The molecule has 1 aliphatic heterocycles. The summed E-state index contributed by atoms with van der Waals surface area (Å²) in [5.74, 6) is -0.479. The molecule has 170 valence electrons. The van der Waals surface area contributed by atoms with E-state index < -0.39 is 0 Å². The molecular formula is C29H27N2O3+. The van der Waals surface area contributed by atoms with Crippen molar-refractivity contribution in [3.8, 4) is 5.75 Å². The average molecular weight is 452 g/mol. The van der Waals surface area contributed by atoms with Crippen LogP contribution in [0.2, 0.25) is 0 Å². The van der Waals surface area contributed by atoms with Gasteiger partial charge in [0.05, 0.1) is 18.2 Å². The summed E-state index contributed by atoms with van der Waals surface area (Å²) in [6.45, 7) is 8.47. The third-order valence-electron chi connectivity index (χ3n) is 6.86. The van der Waals surface area contributed by atoms with Crippen molar-refractivity contribution in [2.45, 2.75) is 33.1 Å². The Balaban J connectivity index is 1.72. The van der Waals surface area contributed by atoms with Crippen LogP contribution in [0, 0.1) is 0 Å². The molecule has 1 amide bonds. The van der Waals surface area contributed by atoms with Crippen LogP contribution >= 0.6 is 0 Å². The Morgan fingerprint density at radius 3 is 2.35 bits per heavy atom. The van der Waals surface area contributed by atoms with Crippen LogP contribution < -0.4 is 20.3 Å². The number of fused-ring (bicyclic) bond motifs is 3. The first-order valence-electron chi connectivity index (χ1n) is 11.5. The molecule has 0 saturated carbocycles. The van der Waals surface area contributed by atoms with Crippen molar-refractivity contribution in [1.29, 1.82) is 0 Å². The molecule has 0 atom stereocenters. The van der Waals surface area contributed by atoms with Crippen molar-refractivity contribution in [1.82, 2.24) is 4.58 Å². The van der Waals surface area contributed by atoms with E-state index in [1.807, 2.05) is 18.2 Å². The van der Waals surface area contributed by atoms with Gasteiger partial charge in [0.15, 0.2) is 0 Å². The number of carbonyl (C=O) groups excluding carboxylic acids is 1. The number of aromatic hydroxyl groups is 1. The second kappa shape index (κ2) is 7.80. The molecule has 5 nitrogen and oxygen atoms in total. The van der Waals surface area contributed by atoms with Crippen molar-refractivity contribution in [2.24, 2.45) is 0 Å². The number of rotatable bonds is 3. The maximum atomic E-state index is 13.3. The summed E-state index contributed by atoms with van der Waals surface area (Å²) in [5, 5.41) is 13.3. The highest BCUT2D eigenvalue weighted by Crippen LogP contribution is 2.51. The topological polar surface area (TPSA) is 60.6 Å². The monoisotopic (exact) mass is 451 g/mol. The summed E-state index contributed by atoms with van der Waals surface area (Å²) in [6.07, 6.45) is 1.79. The van der Waals surface area contributed by atoms with E-state index >= 15 is 0 Å². The summed E-state index contributed by atoms with van der Waals surface area (Å²) in [6, 6.07) is 21.5. The molecule has 5 heteroatoms. The fraction of sp³-hybridized carbons (Fsp3) is 0.207. The minimum Gasteiger partial charge on any atom is -0.502 e. The standard InChI is InChI=1S/C29H26N2O3/c1-5-30-24(29(3,4)23-16-15-19-11-9-10-14-21(19)25(23)30)17-22-27(33)26(28(22)34)31(18(2)32)20-12-7-6-8-13-20/h6-17H,5H2,1-4H3/p+1. The predicted octanol–water partition coefficient (Wildman–Crippen LogP) is 4.59. The van der Waals surface area contributed by atoms with E-state index in [1.165, 1.54) is 17.1 Å². The highest BCUT2D eigenvalue weighted by molar-refractivity contribution is 6.00. The first-order chi connectivity index (χ1) is 16.3. The number of carbonyl (C=O) groups is 1. The van der Waals surface area contributed by atoms with E-state index in [1.54, 1.807) is 30.3 Å². The zero-order chi connectivity index (χ0) is 24.2. The maximum Gasteiger partial charge on any atom is 0.390 e. The first kappa shape index (κ1) is 21.8. The lowest BCUT2D eigenvalue weighted by atomic mass is 9.82. The van der Waals surface area contributed by atoms with E-state index in [0.717, 1.165) is 28.7 Å². The van der Waals surface area contributed by atoms with Gasteiger partial charge in [0.25, 0.3) is 5.43 Å². The molecule has 0 saturated heterocycles. The van der Waals surface area contributed by atoms with Gasteiger partial charge in [-0.1, -0.05) is 68.4 Å². The smallest absolute Gasteiger partial charge is 0.390 e. The number of benzene rings is 3. The van der Waals surface area contributed by atoms with Crippen LogP contribution in [0.25, 0.3) is 16.8 Å². The van der Waals surface area contributed by atoms with Crippen LogP contribution in [0.3, 0.4) is 0 Å². The normalized spacial score (nSPS) is 16.8. The van der Waals surface area contributed by atoms with Gasteiger partial charge >= 0.3 is 11.3 Å². The van der Waals surface area contributed by atoms with Gasteiger partial charge in [-0.25, -0.2) is 4.79 Å². The van der Waals surface area contributed by atoms with Gasteiger partial charge in [-0.2, -0.15) is 0 Å². The highest BCUT2D eigenvalue weighted by Gasteiger charge is 2.41. The van der Waals surface area contributed by atoms with Crippen LogP contribution in [0.1, 0.15) is 38.8 Å².